The number of rotatable bonds is 7. The van der Waals surface area contributed by atoms with Gasteiger partial charge in [-0.3, -0.25) is 0 Å². The molecule has 142 valence electrons. The van der Waals surface area contributed by atoms with Gasteiger partial charge in [-0.15, -0.1) is 0 Å². The number of aromatic nitrogens is 1. The van der Waals surface area contributed by atoms with Crippen molar-refractivity contribution in [2.24, 2.45) is 0 Å². The Hall–Kier alpha value is -2.18. The van der Waals surface area contributed by atoms with E-state index in [1.807, 2.05) is 13.8 Å². The highest BCUT2D eigenvalue weighted by atomic mass is 35.5. The van der Waals surface area contributed by atoms with E-state index in [0.29, 0.717) is 45.7 Å². The standard InChI is InChI=1S/C19H24ClNO5/c1-7-11-12(20)9-21-19(26-6)15(11)16(22)14-10(2)8-13(23-3)17(24-4)18(14)25-5/h8-9,16,22H,7H2,1-6H3. The van der Waals surface area contributed by atoms with Gasteiger partial charge in [-0.05, 0) is 30.5 Å². The summed E-state index contributed by atoms with van der Waals surface area (Å²) < 4.78 is 21.7. The number of methoxy groups -OCH3 is 4. The fourth-order valence-corrected chi connectivity index (χ4v) is 3.39. The number of aryl methyl sites for hydroxylation is 1. The first-order chi connectivity index (χ1) is 12.4. The Balaban J connectivity index is 2.79. The average Bonchev–Trinajstić information content (AvgIpc) is 2.65. The van der Waals surface area contributed by atoms with E-state index in [0.717, 1.165) is 11.1 Å². The van der Waals surface area contributed by atoms with E-state index in [9.17, 15) is 5.11 Å². The molecule has 0 saturated carbocycles. The van der Waals surface area contributed by atoms with Crippen LogP contribution in [0.2, 0.25) is 5.02 Å². The molecule has 0 aliphatic rings. The van der Waals surface area contributed by atoms with E-state index < -0.39 is 6.10 Å². The lowest BCUT2D eigenvalue weighted by atomic mass is 9.92. The molecule has 0 spiro atoms. The summed E-state index contributed by atoms with van der Waals surface area (Å²) in [5.41, 5.74) is 2.59. The summed E-state index contributed by atoms with van der Waals surface area (Å²) in [5.74, 6) is 1.63. The minimum atomic E-state index is -1.07. The van der Waals surface area contributed by atoms with E-state index in [1.165, 1.54) is 27.5 Å². The Morgan fingerprint density at radius 1 is 1.04 bits per heavy atom. The highest BCUT2D eigenvalue weighted by molar-refractivity contribution is 6.31. The molecule has 2 rings (SSSR count). The molecule has 1 aromatic heterocycles. The quantitative estimate of drug-likeness (QED) is 0.788. The number of hydrogen-bond acceptors (Lipinski definition) is 6. The fourth-order valence-electron chi connectivity index (χ4n) is 3.11. The topological polar surface area (TPSA) is 70.0 Å². The third kappa shape index (κ3) is 3.39. The van der Waals surface area contributed by atoms with Crippen molar-refractivity contribution in [2.75, 3.05) is 28.4 Å². The van der Waals surface area contributed by atoms with Crippen LogP contribution in [-0.2, 0) is 6.42 Å². The highest BCUT2D eigenvalue weighted by Gasteiger charge is 2.29. The van der Waals surface area contributed by atoms with Crippen LogP contribution in [-0.4, -0.2) is 38.5 Å². The van der Waals surface area contributed by atoms with Crippen molar-refractivity contribution in [3.05, 3.63) is 39.5 Å². The molecule has 26 heavy (non-hydrogen) atoms. The summed E-state index contributed by atoms with van der Waals surface area (Å²) in [5, 5.41) is 11.7. The normalized spacial score (nSPS) is 11.8. The Morgan fingerprint density at radius 3 is 2.19 bits per heavy atom. The summed E-state index contributed by atoms with van der Waals surface area (Å²) in [6.45, 7) is 3.81. The van der Waals surface area contributed by atoms with Gasteiger partial charge in [0.25, 0.3) is 0 Å². The van der Waals surface area contributed by atoms with Crippen LogP contribution in [0.15, 0.2) is 12.3 Å². The smallest absolute Gasteiger partial charge is 0.219 e. The summed E-state index contributed by atoms with van der Waals surface area (Å²) in [7, 11) is 6.09. The summed E-state index contributed by atoms with van der Waals surface area (Å²) in [6.07, 6.45) is 1.06. The molecule has 1 atom stereocenters. The second-order valence-electron chi connectivity index (χ2n) is 5.64. The zero-order chi connectivity index (χ0) is 19.4. The number of nitrogens with zero attached hydrogens (tertiary/aromatic N) is 1. The number of ether oxygens (including phenoxy) is 4. The molecule has 0 radical (unpaired) electrons. The Bertz CT molecular complexity index is 794. The molecule has 1 N–H and O–H groups in total. The van der Waals surface area contributed by atoms with Crippen LogP contribution in [0.1, 0.15) is 35.3 Å². The molecule has 1 heterocycles. The predicted octanol–water partition coefficient (Wildman–Crippen LogP) is 3.72. The molecule has 0 aliphatic carbocycles. The van der Waals surface area contributed by atoms with Crippen LogP contribution in [0.25, 0.3) is 0 Å². The lowest BCUT2D eigenvalue weighted by Crippen LogP contribution is -2.12. The van der Waals surface area contributed by atoms with Crippen LogP contribution in [0.4, 0.5) is 0 Å². The summed E-state index contributed by atoms with van der Waals surface area (Å²) >= 11 is 6.30. The highest BCUT2D eigenvalue weighted by Crippen LogP contribution is 2.47. The van der Waals surface area contributed by atoms with E-state index >= 15 is 0 Å². The van der Waals surface area contributed by atoms with Gasteiger partial charge in [-0.1, -0.05) is 18.5 Å². The minimum Gasteiger partial charge on any atom is -0.493 e. The molecule has 0 fully saturated rings. The second-order valence-corrected chi connectivity index (χ2v) is 6.05. The van der Waals surface area contributed by atoms with E-state index in [-0.39, 0.29) is 0 Å². The predicted molar refractivity (Wildman–Crippen MR) is 100 cm³/mol. The maximum Gasteiger partial charge on any atom is 0.219 e. The average molecular weight is 382 g/mol. The first-order valence-electron chi connectivity index (χ1n) is 8.13. The number of halogens is 1. The van der Waals surface area contributed by atoms with Crippen LogP contribution >= 0.6 is 11.6 Å². The molecular formula is C19H24ClNO5. The van der Waals surface area contributed by atoms with Gasteiger partial charge in [0.05, 0.1) is 39.0 Å². The maximum atomic E-state index is 11.3. The SMILES string of the molecule is CCc1c(Cl)cnc(OC)c1C(O)c1c(C)cc(OC)c(OC)c1OC. The van der Waals surface area contributed by atoms with Crippen molar-refractivity contribution in [2.45, 2.75) is 26.4 Å². The Morgan fingerprint density at radius 2 is 1.69 bits per heavy atom. The van der Waals surface area contributed by atoms with Gasteiger partial charge in [0, 0.05) is 11.8 Å². The van der Waals surface area contributed by atoms with Crippen molar-refractivity contribution in [1.82, 2.24) is 4.98 Å². The van der Waals surface area contributed by atoms with Crippen molar-refractivity contribution in [1.29, 1.82) is 0 Å². The molecule has 0 bridgehead atoms. The van der Waals surface area contributed by atoms with E-state index in [2.05, 4.69) is 4.98 Å². The first kappa shape index (κ1) is 20.1. The number of hydrogen-bond donors (Lipinski definition) is 1. The van der Waals surface area contributed by atoms with Crippen molar-refractivity contribution < 1.29 is 24.1 Å². The number of pyridine rings is 1. The Labute approximate surface area is 158 Å². The molecule has 2 aromatic rings. The third-order valence-electron chi connectivity index (χ3n) is 4.31. The molecule has 0 saturated heterocycles. The van der Waals surface area contributed by atoms with Crippen molar-refractivity contribution >= 4 is 11.6 Å². The van der Waals surface area contributed by atoms with Gasteiger partial charge in [0.2, 0.25) is 11.6 Å². The largest absolute Gasteiger partial charge is 0.493 e. The molecule has 0 aliphatic heterocycles. The van der Waals surface area contributed by atoms with Crippen LogP contribution in [0.3, 0.4) is 0 Å². The summed E-state index contributed by atoms with van der Waals surface area (Å²) in [4.78, 5) is 4.20. The van der Waals surface area contributed by atoms with Gasteiger partial charge in [-0.25, -0.2) is 4.98 Å². The number of aliphatic hydroxyl groups excluding tert-OH is 1. The Kier molecular flexibility index (Phi) is 6.56. The van der Waals surface area contributed by atoms with Gasteiger partial charge < -0.3 is 24.1 Å². The minimum absolute atomic E-state index is 0.315. The van der Waals surface area contributed by atoms with E-state index in [4.69, 9.17) is 30.5 Å². The van der Waals surface area contributed by atoms with Crippen molar-refractivity contribution in [3.63, 3.8) is 0 Å². The maximum absolute atomic E-state index is 11.3. The van der Waals surface area contributed by atoms with Gasteiger partial charge in [0.1, 0.15) is 6.10 Å². The number of aliphatic hydroxyl groups is 1. The molecular weight excluding hydrogens is 358 g/mol. The zero-order valence-corrected chi connectivity index (χ0v) is 16.6. The lowest BCUT2D eigenvalue weighted by molar-refractivity contribution is 0.204. The second kappa shape index (κ2) is 8.47. The first-order valence-corrected chi connectivity index (χ1v) is 8.51. The van der Waals surface area contributed by atoms with E-state index in [1.54, 1.807) is 13.2 Å². The molecule has 6 nitrogen and oxygen atoms in total. The monoisotopic (exact) mass is 381 g/mol. The van der Waals surface area contributed by atoms with Crippen LogP contribution < -0.4 is 18.9 Å². The molecule has 7 heteroatoms. The van der Waals surface area contributed by atoms with Gasteiger partial charge in [0.15, 0.2) is 11.5 Å². The molecule has 1 aromatic carbocycles. The summed E-state index contributed by atoms with van der Waals surface area (Å²) in [6, 6.07) is 1.79. The van der Waals surface area contributed by atoms with Gasteiger partial charge in [-0.2, -0.15) is 0 Å². The van der Waals surface area contributed by atoms with Crippen LogP contribution in [0, 0.1) is 6.92 Å². The zero-order valence-electron chi connectivity index (χ0n) is 15.8. The van der Waals surface area contributed by atoms with Gasteiger partial charge >= 0.3 is 0 Å². The fraction of sp³-hybridized carbons (Fsp3) is 0.421. The molecule has 0 amide bonds. The lowest BCUT2D eigenvalue weighted by Gasteiger charge is -2.24. The van der Waals surface area contributed by atoms with Crippen LogP contribution in [0.5, 0.6) is 23.1 Å². The molecule has 1 unspecified atom stereocenters. The number of benzene rings is 1. The van der Waals surface area contributed by atoms with Crippen molar-refractivity contribution in [3.8, 4) is 23.1 Å². The third-order valence-corrected chi connectivity index (χ3v) is 4.63.